The summed E-state index contributed by atoms with van der Waals surface area (Å²) < 4.78 is 5.88. The third-order valence-electron chi connectivity index (χ3n) is 4.50. The van der Waals surface area contributed by atoms with Crippen molar-refractivity contribution >= 4 is 17.6 Å². The molecule has 0 aliphatic rings. The summed E-state index contributed by atoms with van der Waals surface area (Å²) >= 11 is 6.24. The Kier molecular flexibility index (Phi) is 6.06. The van der Waals surface area contributed by atoms with Crippen LogP contribution in [0.3, 0.4) is 0 Å². The number of urea groups is 1. The minimum Gasteiger partial charge on any atom is -0.418 e. The summed E-state index contributed by atoms with van der Waals surface area (Å²) in [5, 5.41) is 14.6. The van der Waals surface area contributed by atoms with E-state index in [4.69, 9.17) is 16.0 Å². The van der Waals surface area contributed by atoms with E-state index in [2.05, 4.69) is 20.8 Å². The molecular weight excluding hydrogens is 400 g/mol. The lowest BCUT2D eigenvalue weighted by molar-refractivity contribution is 0.236. The van der Waals surface area contributed by atoms with Gasteiger partial charge in [-0.15, -0.1) is 10.2 Å². The first-order chi connectivity index (χ1) is 14.7. The molecule has 0 unspecified atom stereocenters. The molecule has 1 aromatic heterocycles. The van der Waals surface area contributed by atoms with E-state index in [0.29, 0.717) is 23.0 Å². The van der Waals surface area contributed by atoms with E-state index in [1.165, 1.54) is 0 Å². The van der Waals surface area contributed by atoms with Gasteiger partial charge in [0.1, 0.15) is 6.04 Å². The van der Waals surface area contributed by atoms with Crippen LogP contribution in [0.15, 0.2) is 89.3 Å². The molecule has 0 spiro atoms. The molecule has 1 atom stereocenters. The Balaban J connectivity index is 1.55. The maximum Gasteiger partial charge on any atom is 0.315 e. The normalized spacial score (nSPS) is 11.6. The summed E-state index contributed by atoms with van der Waals surface area (Å²) in [7, 11) is 0. The molecule has 7 heteroatoms. The SMILES string of the molecule is O=C(NCc1ccccc1)N[C@H](c1ccccc1)c1nnc(-c2ccccc2Cl)o1. The van der Waals surface area contributed by atoms with Crippen LogP contribution in [0.25, 0.3) is 11.5 Å². The summed E-state index contributed by atoms with van der Waals surface area (Å²) in [6.45, 7) is 0.406. The third kappa shape index (κ3) is 4.67. The molecule has 30 heavy (non-hydrogen) atoms. The fourth-order valence-electron chi connectivity index (χ4n) is 2.99. The fourth-order valence-corrected chi connectivity index (χ4v) is 3.20. The Morgan fingerprint density at radius 3 is 2.30 bits per heavy atom. The molecule has 0 saturated carbocycles. The summed E-state index contributed by atoms with van der Waals surface area (Å²) in [5.41, 5.74) is 2.46. The standard InChI is InChI=1S/C23H19ClN4O2/c24-19-14-8-7-13-18(19)21-27-28-22(30-21)20(17-11-5-2-6-12-17)26-23(29)25-15-16-9-3-1-4-10-16/h1-14,20H,15H2,(H2,25,26,29)/t20-/m1/s1. The Morgan fingerprint density at radius 2 is 1.57 bits per heavy atom. The van der Waals surface area contributed by atoms with E-state index >= 15 is 0 Å². The number of hydrogen-bond acceptors (Lipinski definition) is 4. The average Bonchev–Trinajstić information content (AvgIpc) is 3.27. The van der Waals surface area contributed by atoms with Crippen LogP contribution >= 0.6 is 11.6 Å². The summed E-state index contributed by atoms with van der Waals surface area (Å²) in [6.07, 6.45) is 0. The van der Waals surface area contributed by atoms with E-state index in [9.17, 15) is 4.79 Å². The minimum absolute atomic E-state index is 0.269. The second-order valence-corrected chi connectivity index (χ2v) is 6.99. The lowest BCUT2D eigenvalue weighted by atomic mass is 10.1. The average molecular weight is 419 g/mol. The highest BCUT2D eigenvalue weighted by molar-refractivity contribution is 6.33. The number of carbonyl (C=O) groups excluding carboxylic acids is 1. The number of aromatic nitrogens is 2. The van der Waals surface area contributed by atoms with Gasteiger partial charge >= 0.3 is 6.03 Å². The molecule has 0 aliphatic heterocycles. The number of hydrogen-bond donors (Lipinski definition) is 2. The molecule has 1 heterocycles. The predicted octanol–water partition coefficient (Wildman–Crippen LogP) is 4.98. The highest BCUT2D eigenvalue weighted by Gasteiger charge is 2.23. The smallest absolute Gasteiger partial charge is 0.315 e. The van der Waals surface area contributed by atoms with E-state index in [1.54, 1.807) is 12.1 Å². The summed E-state index contributed by atoms with van der Waals surface area (Å²) in [5.74, 6) is 0.564. The number of benzene rings is 3. The molecule has 0 aliphatic carbocycles. The van der Waals surface area contributed by atoms with Crippen molar-refractivity contribution in [2.45, 2.75) is 12.6 Å². The molecule has 0 bridgehead atoms. The number of nitrogens with zero attached hydrogens (tertiary/aromatic N) is 2. The molecule has 2 N–H and O–H groups in total. The molecule has 4 aromatic rings. The lowest BCUT2D eigenvalue weighted by Gasteiger charge is -2.16. The van der Waals surface area contributed by atoms with Crippen LogP contribution in [-0.4, -0.2) is 16.2 Å². The Bertz CT molecular complexity index is 1120. The first-order valence-corrected chi connectivity index (χ1v) is 9.80. The highest BCUT2D eigenvalue weighted by Crippen LogP contribution is 2.29. The number of amides is 2. The van der Waals surface area contributed by atoms with Crippen LogP contribution in [0.5, 0.6) is 0 Å². The van der Waals surface area contributed by atoms with Crippen LogP contribution in [0.2, 0.25) is 5.02 Å². The van der Waals surface area contributed by atoms with Crippen LogP contribution < -0.4 is 10.6 Å². The zero-order chi connectivity index (χ0) is 20.8. The first-order valence-electron chi connectivity index (χ1n) is 9.42. The van der Waals surface area contributed by atoms with Gasteiger partial charge in [0, 0.05) is 6.54 Å². The molecule has 2 amide bonds. The van der Waals surface area contributed by atoms with Gasteiger partial charge in [0.25, 0.3) is 0 Å². The predicted molar refractivity (Wildman–Crippen MR) is 115 cm³/mol. The van der Waals surface area contributed by atoms with Crippen molar-refractivity contribution in [1.82, 2.24) is 20.8 Å². The van der Waals surface area contributed by atoms with Crippen molar-refractivity contribution in [3.63, 3.8) is 0 Å². The van der Waals surface area contributed by atoms with Gasteiger partial charge in [-0.2, -0.15) is 0 Å². The van der Waals surface area contributed by atoms with Gasteiger partial charge in [0.2, 0.25) is 11.8 Å². The van der Waals surface area contributed by atoms with Crippen molar-refractivity contribution in [2.75, 3.05) is 0 Å². The van der Waals surface area contributed by atoms with Crippen LogP contribution in [-0.2, 0) is 6.54 Å². The van der Waals surface area contributed by atoms with Gasteiger partial charge in [-0.05, 0) is 23.3 Å². The highest BCUT2D eigenvalue weighted by atomic mass is 35.5. The van der Waals surface area contributed by atoms with Gasteiger partial charge in [0.05, 0.1) is 10.6 Å². The van der Waals surface area contributed by atoms with Crippen LogP contribution in [0.1, 0.15) is 23.1 Å². The monoisotopic (exact) mass is 418 g/mol. The Labute approximate surface area is 178 Å². The van der Waals surface area contributed by atoms with E-state index in [-0.39, 0.29) is 11.9 Å². The van der Waals surface area contributed by atoms with E-state index < -0.39 is 6.04 Å². The molecule has 6 nitrogen and oxygen atoms in total. The Morgan fingerprint density at radius 1 is 0.900 bits per heavy atom. The van der Waals surface area contributed by atoms with Crippen molar-refractivity contribution in [2.24, 2.45) is 0 Å². The largest absolute Gasteiger partial charge is 0.418 e. The zero-order valence-corrected chi connectivity index (χ0v) is 16.7. The van der Waals surface area contributed by atoms with Gasteiger partial charge in [0.15, 0.2) is 0 Å². The van der Waals surface area contributed by atoms with E-state index in [0.717, 1.165) is 11.1 Å². The maximum atomic E-state index is 12.6. The summed E-state index contributed by atoms with van der Waals surface area (Å²) in [4.78, 5) is 12.6. The first kappa shape index (κ1) is 19.7. The molecule has 3 aromatic carbocycles. The van der Waals surface area contributed by atoms with Crippen molar-refractivity contribution in [3.05, 3.63) is 107 Å². The second-order valence-electron chi connectivity index (χ2n) is 6.58. The van der Waals surface area contributed by atoms with Gasteiger partial charge in [-0.25, -0.2) is 4.79 Å². The number of halogens is 1. The van der Waals surface area contributed by atoms with Gasteiger partial charge < -0.3 is 15.1 Å². The van der Waals surface area contributed by atoms with Crippen molar-refractivity contribution < 1.29 is 9.21 Å². The molecular formula is C23H19ClN4O2. The minimum atomic E-state index is -0.606. The zero-order valence-electron chi connectivity index (χ0n) is 16.0. The quantitative estimate of drug-likeness (QED) is 0.462. The molecule has 0 fully saturated rings. The molecule has 4 rings (SSSR count). The van der Waals surface area contributed by atoms with Crippen LogP contribution in [0.4, 0.5) is 4.79 Å². The number of nitrogens with one attached hydrogen (secondary N) is 2. The molecule has 0 saturated heterocycles. The number of rotatable bonds is 6. The Hall–Kier alpha value is -3.64. The number of carbonyl (C=O) groups is 1. The molecule has 150 valence electrons. The second kappa shape index (κ2) is 9.24. The molecule has 0 radical (unpaired) electrons. The third-order valence-corrected chi connectivity index (χ3v) is 4.83. The van der Waals surface area contributed by atoms with Gasteiger partial charge in [-0.1, -0.05) is 84.4 Å². The summed E-state index contributed by atoms with van der Waals surface area (Å²) in [6, 6.07) is 25.4. The van der Waals surface area contributed by atoms with Crippen molar-refractivity contribution in [1.29, 1.82) is 0 Å². The van der Waals surface area contributed by atoms with Crippen LogP contribution in [0, 0.1) is 0 Å². The lowest BCUT2D eigenvalue weighted by Crippen LogP contribution is -2.38. The fraction of sp³-hybridized carbons (Fsp3) is 0.0870. The van der Waals surface area contributed by atoms with E-state index in [1.807, 2.05) is 72.8 Å². The van der Waals surface area contributed by atoms with Crippen molar-refractivity contribution in [3.8, 4) is 11.5 Å². The topological polar surface area (TPSA) is 80.0 Å². The maximum absolute atomic E-state index is 12.6. The van der Waals surface area contributed by atoms with Gasteiger partial charge in [-0.3, -0.25) is 0 Å².